The van der Waals surface area contributed by atoms with Crippen LogP contribution in [0.25, 0.3) is 0 Å². The van der Waals surface area contributed by atoms with E-state index in [-0.39, 0.29) is 12.2 Å². The predicted molar refractivity (Wildman–Crippen MR) is 66.0 cm³/mol. The number of aliphatic hydroxyl groups excluding tert-OH is 1. The first kappa shape index (κ1) is 12.3. The number of aliphatic hydroxyl groups is 1. The largest absolute Gasteiger partial charge is 0.386 e. The number of hydrogen-bond donors (Lipinski definition) is 1. The molecule has 1 unspecified atom stereocenters. The fourth-order valence-electron chi connectivity index (χ4n) is 1.71. The number of aryl methyl sites for hydroxylation is 1. The van der Waals surface area contributed by atoms with Crippen LogP contribution >= 0.6 is 15.9 Å². The number of rotatable bonds is 3. The smallest absolute Gasteiger partial charge is 0.127 e. The fourth-order valence-corrected chi connectivity index (χ4v) is 2.04. The van der Waals surface area contributed by atoms with E-state index in [9.17, 15) is 9.50 Å². The van der Waals surface area contributed by atoms with Gasteiger partial charge in [0.25, 0.3) is 0 Å². The predicted octanol–water partition coefficient (Wildman–Crippen LogP) is 2.60. The summed E-state index contributed by atoms with van der Waals surface area (Å²) in [4.78, 5) is 0. The summed E-state index contributed by atoms with van der Waals surface area (Å²) in [5, 5.41) is 14.0. The molecule has 0 amide bonds. The molecule has 0 aliphatic heterocycles. The van der Waals surface area contributed by atoms with Crippen LogP contribution in [0.15, 0.2) is 34.9 Å². The molecule has 0 spiro atoms. The molecule has 17 heavy (non-hydrogen) atoms. The molecule has 2 aromatic rings. The SMILES string of the molecule is Cn1nccc1C(O)Cc1ccc(Br)cc1F. The Labute approximate surface area is 107 Å². The number of halogens is 2. The van der Waals surface area contributed by atoms with Crippen LogP contribution in [0.2, 0.25) is 0 Å². The Morgan fingerprint density at radius 1 is 1.47 bits per heavy atom. The van der Waals surface area contributed by atoms with E-state index in [0.29, 0.717) is 15.7 Å². The summed E-state index contributed by atoms with van der Waals surface area (Å²) in [7, 11) is 1.75. The van der Waals surface area contributed by atoms with Gasteiger partial charge >= 0.3 is 0 Å². The molecule has 0 aliphatic rings. The van der Waals surface area contributed by atoms with Gasteiger partial charge in [0.05, 0.1) is 11.8 Å². The Bertz CT molecular complexity index is 527. The zero-order valence-electron chi connectivity index (χ0n) is 9.27. The van der Waals surface area contributed by atoms with E-state index in [1.54, 1.807) is 36.1 Å². The molecule has 1 heterocycles. The van der Waals surface area contributed by atoms with Gasteiger partial charge in [-0.25, -0.2) is 4.39 Å². The van der Waals surface area contributed by atoms with Gasteiger partial charge in [0.15, 0.2) is 0 Å². The maximum atomic E-state index is 13.6. The minimum Gasteiger partial charge on any atom is -0.386 e. The van der Waals surface area contributed by atoms with Crippen LogP contribution in [-0.2, 0) is 13.5 Å². The van der Waals surface area contributed by atoms with Gasteiger partial charge in [-0.1, -0.05) is 22.0 Å². The summed E-state index contributed by atoms with van der Waals surface area (Å²) >= 11 is 3.20. The van der Waals surface area contributed by atoms with E-state index in [2.05, 4.69) is 21.0 Å². The molecule has 90 valence electrons. The summed E-state index contributed by atoms with van der Waals surface area (Å²) in [6.45, 7) is 0. The van der Waals surface area contributed by atoms with Gasteiger partial charge < -0.3 is 5.11 Å². The Kier molecular flexibility index (Phi) is 3.59. The lowest BCUT2D eigenvalue weighted by molar-refractivity contribution is 0.167. The fraction of sp³-hybridized carbons (Fsp3) is 0.250. The van der Waals surface area contributed by atoms with Gasteiger partial charge in [-0.05, 0) is 23.8 Å². The van der Waals surface area contributed by atoms with Gasteiger partial charge in [-0.15, -0.1) is 0 Å². The van der Waals surface area contributed by atoms with Crippen LogP contribution in [0.5, 0.6) is 0 Å². The van der Waals surface area contributed by atoms with Gasteiger partial charge in [0.2, 0.25) is 0 Å². The molecule has 0 saturated carbocycles. The molecule has 0 radical (unpaired) electrons. The summed E-state index contributed by atoms with van der Waals surface area (Å²) in [6, 6.07) is 6.54. The number of aromatic nitrogens is 2. The van der Waals surface area contributed by atoms with Gasteiger partial charge in [-0.2, -0.15) is 5.10 Å². The number of benzene rings is 1. The normalized spacial score (nSPS) is 12.7. The van der Waals surface area contributed by atoms with Gasteiger partial charge in [0.1, 0.15) is 5.82 Å². The first-order valence-electron chi connectivity index (χ1n) is 5.18. The minimum atomic E-state index is -0.752. The topological polar surface area (TPSA) is 38.0 Å². The molecule has 1 aromatic carbocycles. The molecular formula is C12H12BrFN2O. The van der Waals surface area contributed by atoms with Gasteiger partial charge in [-0.3, -0.25) is 4.68 Å². The Morgan fingerprint density at radius 3 is 2.82 bits per heavy atom. The minimum absolute atomic E-state index is 0.235. The highest BCUT2D eigenvalue weighted by Crippen LogP contribution is 2.21. The van der Waals surface area contributed by atoms with Crippen molar-refractivity contribution in [1.82, 2.24) is 9.78 Å². The highest BCUT2D eigenvalue weighted by molar-refractivity contribution is 9.10. The Balaban J connectivity index is 2.19. The van der Waals surface area contributed by atoms with Crippen LogP contribution in [0.3, 0.4) is 0 Å². The second-order valence-corrected chi connectivity index (χ2v) is 4.75. The Hall–Kier alpha value is -1.20. The van der Waals surface area contributed by atoms with E-state index in [1.807, 2.05) is 0 Å². The number of hydrogen-bond acceptors (Lipinski definition) is 2. The van der Waals surface area contributed by atoms with Crippen molar-refractivity contribution in [2.24, 2.45) is 7.05 Å². The highest BCUT2D eigenvalue weighted by atomic mass is 79.9. The maximum Gasteiger partial charge on any atom is 0.127 e. The quantitative estimate of drug-likeness (QED) is 0.946. The lowest BCUT2D eigenvalue weighted by Crippen LogP contribution is -2.08. The first-order valence-corrected chi connectivity index (χ1v) is 5.97. The van der Waals surface area contributed by atoms with E-state index >= 15 is 0 Å². The summed E-state index contributed by atoms with van der Waals surface area (Å²) < 4.78 is 15.9. The van der Waals surface area contributed by atoms with E-state index < -0.39 is 6.10 Å². The molecule has 1 atom stereocenters. The first-order chi connectivity index (χ1) is 8.08. The third-order valence-corrected chi connectivity index (χ3v) is 3.12. The van der Waals surface area contributed by atoms with Crippen molar-refractivity contribution in [2.45, 2.75) is 12.5 Å². The van der Waals surface area contributed by atoms with Crippen LogP contribution < -0.4 is 0 Å². The zero-order chi connectivity index (χ0) is 12.4. The third kappa shape index (κ3) is 2.73. The molecular weight excluding hydrogens is 287 g/mol. The summed E-state index contributed by atoms with van der Waals surface area (Å²) in [5.74, 6) is -0.319. The molecule has 1 N–H and O–H groups in total. The summed E-state index contributed by atoms with van der Waals surface area (Å²) in [6.07, 6.45) is 1.09. The van der Waals surface area contributed by atoms with Crippen molar-refractivity contribution in [2.75, 3.05) is 0 Å². The van der Waals surface area contributed by atoms with Gasteiger partial charge in [0, 0.05) is 24.1 Å². The van der Waals surface area contributed by atoms with Crippen molar-refractivity contribution < 1.29 is 9.50 Å². The molecule has 2 rings (SSSR count). The standard InChI is InChI=1S/C12H12BrFN2O/c1-16-11(4-5-15-16)12(17)6-8-2-3-9(13)7-10(8)14/h2-5,7,12,17H,6H2,1H3. The van der Waals surface area contributed by atoms with Crippen LogP contribution in [0.4, 0.5) is 4.39 Å². The number of nitrogens with zero attached hydrogens (tertiary/aromatic N) is 2. The van der Waals surface area contributed by atoms with Crippen LogP contribution in [0, 0.1) is 5.82 Å². The monoisotopic (exact) mass is 298 g/mol. The van der Waals surface area contributed by atoms with Crippen molar-refractivity contribution >= 4 is 15.9 Å². The molecule has 0 bridgehead atoms. The second kappa shape index (κ2) is 4.98. The van der Waals surface area contributed by atoms with Crippen molar-refractivity contribution in [1.29, 1.82) is 0 Å². The molecule has 1 aromatic heterocycles. The average Bonchev–Trinajstić information content (AvgIpc) is 2.68. The van der Waals surface area contributed by atoms with Crippen molar-refractivity contribution in [3.05, 3.63) is 52.0 Å². The van der Waals surface area contributed by atoms with Crippen molar-refractivity contribution in [3.63, 3.8) is 0 Å². The molecule has 0 saturated heterocycles. The molecule has 0 fully saturated rings. The lowest BCUT2D eigenvalue weighted by atomic mass is 10.1. The van der Waals surface area contributed by atoms with E-state index in [1.165, 1.54) is 6.07 Å². The Morgan fingerprint density at radius 2 is 2.24 bits per heavy atom. The second-order valence-electron chi connectivity index (χ2n) is 3.84. The van der Waals surface area contributed by atoms with Crippen molar-refractivity contribution in [3.8, 4) is 0 Å². The average molecular weight is 299 g/mol. The summed E-state index contributed by atoms with van der Waals surface area (Å²) in [5.41, 5.74) is 1.16. The van der Waals surface area contributed by atoms with E-state index in [4.69, 9.17) is 0 Å². The molecule has 0 aliphatic carbocycles. The van der Waals surface area contributed by atoms with Crippen LogP contribution in [-0.4, -0.2) is 14.9 Å². The molecule has 5 heteroatoms. The third-order valence-electron chi connectivity index (χ3n) is 2.63. The maximum absolute atomic E-state index is 13.6. The van der Waals surface area contributed by atoms with E-state index in [0.717, 1.165) is 0 Å². The molecule has 3 nitrogen and oxygen atoms in total. The lowest BCUT2D eigenvalue weighted by Gasteiger charge is -2.11. The zero-order valence-corrected chi connectivity index (χ0v) is 10.9. The van der Waals surface area contributed by atoms with Crippen LogP contribution in [0.1, 0.15) is 17.4 Å². The highest BCUT2D eigenvalue weighted by Gasteiger charge is 2.14.